The SMILES string of the molecule is CCC(NC(=O)C1(c2ccccc2)CC1)C(N)=S. The molecule has 0 saturated heterocycles. The standard InChI is InChI=1S/C14H18N2OS/c1-2-11(12(15)18)16-13(17)14(8-9-14)10-6-4-3-5-7-10/h3-7,11H,2,8-9H2,1H3,(H2,15,18)(H,16,17). The number of amides is 1. The lowest BCUT2D eigenvalue weighted by Crippen LogP contribution is -2.47. The van der Waals surface area contributed by atoms with Gasteiger partial charge < -0.3 is 11.1 Å². The molecular weight excluding hydrogens is 244 g/mol. The number of carbonyl (C=O) groups is 1. The first kappa shape index (κ1) is 13.0. The number of nitrogens with two attached hydrogens (primary N) is 1. The van der Waals surface area contributed by atoms with Gasteiger partial charge in [0.25, 0.3) is 0 Å². The van der Waals surface area contributed by atoms with E-state index in [0.29, 0.717) is 4.99 Å². The summed E-state index contributed by atoms with van der Waals surface area (Å²) in [6.07, 6.45) is 2.53. The van der Waals surface area contributed by atoms with Crippen LogP contribution in [0.5, 0.6) is 0 Å². The van der Waals surface area contributed by atoms with E-state index in [0.717, 1.165) is 24.8 Å². The van der Waals surface area contributed by atoms with Crippen LogP contribution in [0.4, 0.5) is 0 Å². The average Bonchev–Trinajstić information content (AvgIpc) is 3.18. The molecule has 96 valence electrons. The monoisotopic (exact) mass is 262 g/mol. The van der Waals surface area contributed by atoms with Crippen molar-refractivity contribution in [2.24, 2.45) is 5.73 Å². The second-order valence-electron chi connectivity index (χ2n) is 4.78. The Balaban J connectivity index is 2.12. The topological polar surface area (TPSA) is 55.1 Å². The molecule has 0 aromatic heterocycles. The largest absolute Gasteiger partial charge is 0.392 e. The molecule has 1 saturated carbocycles. The average molecular weight is 262 g/mol. The zero-order chi connectivity index (χ0) is 13.2. The molecule has 0 spiro atoms. The number of benzene rings is 1. The highest BCUT2D eigenvalue weighted by Gasteiger charge is 2.51. The van der Waals surface area contributed by atoms with Gasteiger partial charge in [0.15, 0.2) is 0 Å². The molecule has 0 heterocycles. The van der Waals surface area contributed by atoms with Crippen LogP contribution in [0, 0.1) is 0 Å². The Morgan fingerprint density at radius 3 is 2.50 bits per heavy atom. The maximum atomic E-state index is 12.4. The van der Waals surface area contributed by atoms with Crippen LogP contribution in [0.2, 0.25) is 0 Å². The predicted octanol–water partition coefficient (Wildman–Crippen LogP) is 1.90. The van der Waals surface area contributed by atoms with Gasteiger partial charge in [0.05, 0.1) is 16.4 Å². The summed E-state index contributed by atoms with van der Waals surface area (Å²) < 4.78 is 0. The maximum Gasteiger partial charge on any atom is 0.231 e. The van der Waals surface area contributed by atoms with Crippen LogP contribution in [0.15, 0.2) is 30.3 Å². The summed E-state index contributed by atoms with van der Waals surface area (Å²) in [5.74, 6) is 0.0494. The highest BCUT2D eigenvalue weighted by molar-refractivity contribution is 7.80. The Labute approximate surface area is 113 Å². The summed E-state index contributed by atoms with van der Waals surface area (Å²) in [7, 11) is 0. The van der Waals surface area contributed by atoms with Crippen molar-refractivity contribution >= 4 is 23.1 Å². The normalized spacial score (nSPS) is 17.8. The van der Waals surface area contributed by atoms with Crippen molar-refractivity contribution < 1.29 is 4.79 Å². The summed E-state index contributed by atoms with van der Waals surface area (Å²) in [6, 6.07) is 9.71. The summed E-state index contributed by atoms with van der Waals surface area (Å²) in [6.45, 7) is 1.96. The molecule has 1 aromatic carbocycles. The van der Waals surface area contributed by atoms with Gasteiger partial charge in [0.2, 0.25) is 5.91 Å². The molecule has 1 aliphatic carbocycles. The molecule has 3 N–H and O–H groups in total. The van der Waals surface area contributed by atoms with E-state index >= 15 is 0 Å². The second kappa shape index (κ2) is 5.06. The van der Waals surface area contributed by atoms with Crippen molar-refractivity contribution in [1.82, 2.24) is 5.32 Å². The number of nitrogens with one attached hydrogen (secondary N) is 1. The zero-order valence-electron chi connectivity index (χ0n) is 10.5. The lowest BCUT2D eigenvalue weighted by molar-refractivity contribution is -0.123. The summed E-state index contributed by atoms with van der Waals surface area (Å²) >= 11 is 4.96. The van der Waals surface area contributed by atoms with Gasteiger partial charge in [-0.25, -0.2) is 0 Å². The van der Waals surface area contributed by atoms with Crippen LogP contribution >= 0.6 is 12.2 Å². The lowest BCUT2D eigenvalue weighted by Gasteiger charge is -2.21. The minimum absolute atomic E-state index is 0.0494. The molecule has 18 heavy (non-hydrogen) atoms. The molecule has 1 amide bonds. The number of thiocarbonyl (C=S) groups is 1. The molecule has 1 fully saturated rings. The van der Waals surface area contributed by atoms with Gasteiger partial charge in [-0.15, -0.1) is 0 Å². The van der Waals surface area contributed by atoms with Crippen LogP contribution in [-0.2, 0) is 10.2 Å². The van der Waals surface area contributed by atoms with Crippen molar-refractivity contribution in [2.45, 2.75) is 37.6 Å². The van der Waals surface area contributed by atoms with E-state index in [2.05, 4.69) is 5.32 Å². The van der Waals surface area contributed by atoms with E-state index in [1.807, 2.05) is 37.3 Å². The van der Waals surface area contributed by atoms with Gasteiger partial charge >= 0.3 is 0 Å². The molecule has 3 nitrogen and oxygen atoms in total. The molecule has 0 aliphatic heterocycles. The molecule has 1 aliphatic rings. The van der Waals surface area contributed by atoms with Gasteiger partial charge in [0.1, 0.15) is 0 Å². The summed E-state index contributed by atoms with van der Waals surface area (Å²) in [5.41, 5.74) is 6.35. The Hall–Kier alpha value is -1.42. The van der Waals surface area contributed by atoms with Crippen LogP contribution in [0.1, 0.15) is 31.7 Å². The number of carbonyl (C=O) groups excluding carboxylic acids is 1. The molecule has 4 heteroatoms. The lowest BCUT2D eigenvalue weighted by atomic mass is 9.94. The molecule has 1 atom stereocenters. The Kier molecular flexibility index (Phi) is 3.66. The third-order valence-electron chi connectivity index (χ3n) is 3.57. The van der Waals surface area contributed by atoms with Gasteiger partial charge in [-0.2, -0.15) is 0 Å². The third kappa shape index (κ3) is 2.38. The van der Waals surface area contributed by atoms with E-state index in [1.165, 1.54) is 0 Å². The van der Waals surface area contributed by atoms with E-state index < -0.39 is 0 Å². The van der Waals surface area contributed by atoms with E-state index in [1.54, 1.807) is 0 Å². The van der Waals surface area contributed by atoms with Gasteiger partial charge in [0, 0.05) is 0 Å². The minimum atomic E-state index is -0.348. The number of rotatable bonds is 5. The van der Waals surface area contributed by atoms with Crippen molar-refractivity contribution in [3.63, 3.8) is 0 Å². The van der Waals surface area contributed by atoms with Crippen molar-refractivity contribution in [1.29, 1.82) is 0 Å². The van der Waals surface area contributed by atoms with E-state index in [-0.39, 0.29) is 17.4 Å². The molecular formula is C14H18N2OS. The minimum Gasteiger partial charge on any atom is -0.392 e. The van der Waals surface area contributed by atoms with Crippen molar-refractivity contribution in [3.8, 4) is 0 Å². The first-order valence-electron chi connectivity index (χ1n) is 6.26. The maximum absolute atomic E-state index is 12.4. The first-order valence-corrected chi connectivity index (χ1v) is 6.67. The van der Waals surface area contributed by atoms with Crippen LogP contribution in [0.25, 0.3) is 0 Å². The fraction of sp³-hybridized carbons (Fsp3) is 0.429. The van der Waals surface area contributed by atoms with Gasteiger partial charge in [-0.1, -0.05) is 49.5 Å². The van der Waals surface area contributed by atoms with Crippen molar-refractivity contribution in [2.75, 3.05) is 0 Å². The number of hydrogen-bond acceptors (Lipinski definition) is 2. The quantitative estimate of drug-likeness (QED) is 0.797. The fourth-order valence-corrected chi connectivity index (χ4v) is 2.43. The third-order valence-corrected chi connectivity index (χ3v) is 3.85. The highest BCUT2D eigenvalue weighted by atomic mass is 32.1. The smallest absolute Gasteiger partial charge is 0.231 e. The molecule has 1 unspecified atom stereocenters. The fourth-order valence-electron chi connectivity index (χ4n) is 2.20. The zero-order valence-corrected chi connectivity index (χ0v) is 11.3. The Morgan fingerprint density at radius 1 is 1.44 bits per heavy atom. The molecule has 1 aromatic rings. The summed E-state index contributed by atoms with van der Waals surface area (Å²) in [5, 5.41) is 2.96. The molecule has 2 rings (SSSR count). The Morgan fingerprint density at radius 2 is 2.06 bits per heavy atom. The van der Waals surface area contributed by atoms with Crippen LogP contribution < -0.4 is 11.1 Å². The van der Waals surface area contributed by atoms with Crippen LogP contribution in [-0.4, -0.2) is 16.9 Å². The Bertz CT molecular complexity index is 454. The van der Waals surface area contributed by atoms with Crippen molar-refractivity contribution in [3.05, 3.63) is 35.9 Å². The van der Waals surface area contributed by atoms with E-state index in [9.17, 15) is 4.79 Å². The predicted molar refractivity (Wildman–Crippen MR) is 76.4 cm³/mol. The first-order chi connectivity index (χ1) is 8.60. The highest BCUT2D eigenvalue weighted by Crippen LogP contribution is 2.48. The van der Waals surface area contributed by atoms with Gasteiger partial charge in [-0.3, -0.25) is 4.79 Å². The van der Waals surface area contributed by atoms with Crippen LogP contribution in [0.3, 0.4) is 0 Å². The molecule has 0 bridgehead atoms. The molecule has 0 radical (unpaired) electrons. The van der Waals surface area contributed by atoms with E-state index in [4.69, 9.17) is 18.0 Å². The number of hydrogen-bond donors (Lipinski definition) is 2. The summed E-state index contributed by atoms with van der Waals surface area (Å²) in [4.78, 5) is 12.7. The second-order valence-corrected chi connectivity index (χ2v) is 5.26. The van der Waals surface area contributed by atoms with Gasteiger partial charge in [-0.05, 0) is 24.8 Å².